The third-order valence-corrected chi connectivity index (χ3v) is 6.12. The van der Waals surface area contributed by atoms with Crippen molar-refractivity contribution in [1.82, 2.24) is 15.1 Å². The van der Waals surface area contributed by atoms with Gasteiger partial charge in [0.05, 0.1) is 5.25 Å². The van der Waals surface area contributed by atoms with E-state index in [-0.39, 0.29) is 17.9 Å². The Bertz CT molecular complexity index is 636. The van der Waals surface area contributed by atoms with Crippen molar-refractivity contribution in [2.45, 2.75) is 56.7 Å². The van der Waals surface area contributed by atoms with E-state index in [0.717, 1.165) is 25.0 Å². The monoisotopic (exact) mass is 327 g/mol. The third kappa shape index (κ3) is 3.51. The van der Waals surface area contributed by atoms with E-state index < -0.39 is 15.1 Å². The first-order chi connectivity index (χ1) is 10.2. The number of carbonyl (C=O) groups excluding carboxylic acids is 1. The minimum absolute atomic E-state index is 0.219. The maximum Gasteiger partial charge on any atom is 0.274 e. The first-order valence-corrected chi connectivity index (χ1v) is 9.68. The molecule has 1 aliphatic rings. The molecule has 7 heteroatoms. The molecule has 1 amide bonds. The SMILES string of the molecule is CC(C)c1cc(C(=O)N(C)[C@H]2CCCC[C@@H]2S(C)(=O)=O)n[nH]1. The molecule has 0 saturated heterocycles. The van der Waals surface area contributed by atoms with E-state index in [1.165, 1.54) is 6.26 Å². The van der Waals surface area contributed by atoms with Crippen molar-refractivity contribution in [3.05, 3.63) is 17.5 Å². The Hall–Kier alpha value is -1.37. The molecule has 1 saturated carbocycles. The summed E-state index contributed by atoms with van der Waals surface area (Å²) in [7, 11) is -1.49. The molecule has 6 nitrogen and oxygen atoms in total. The highest BCUT2D eigenvalue weighted by Crippen LogP contribution is 2.28. The second-order valence-corrected chi connectivity index (χ2v) is 8.76. The maximum absolute atomic E-state index is 12.6. The lowest BCUT2D eigenvalue weighted by atomic mass is 9.93. The van der Waals surface area contributed by atoms with Gasteiger partial charge in [-0.1, -0.05) is 26.7 Å². The molecule has 1 N–H and O–H groups in total. The van der Waals surface area contributed by atoms with Gasteiger partial charge in [-0.3, -0.25) is 9.89 Å². The number of aromatic amines is 1. The Kier molecular flexibility index (Phi) is 4.94. The summed E-state index contributed by atoms with van der Waals surface area (Å²) in [5.74, 6) is 0.0431. The average Bonchev–Trinajstić information content (AvgIpc) is 2.95. The molecule has 124 valence electrons. The quantitative estimate of drug-likeness (QED) is 0.916. The molecule has 1 heterocycles. The Labute approximate surface area is 132 Å². The van der Waals surface area contributed by atoms with Crippen molar-refractivity contribution >= 4 is 15.7 Å². The summed E-state index contributed by atoms with van der Waals surface area (Å²) in [6, 6.07) is 1.48. The fourth-order valence-electron chi connectivity index (χ4n) is 3.09. The van der Waals surface area contributed by atoms with Crippen LogP contribution in [0.2, 0.25) is 0 Å². The fourth-order valence-corrected chi connectivity index (χ4v) is 4.58. The van der Waals surface area contributed by atoms with Crippen LogP contribution in [0.15, 0.2) is 6.07 Å². The van der Waals surface area contributed by atoms with Crippen LogP contribution in [0.1, 0.15) is 61.6 Å². The summed E-state index contributed by atoms with van der Waals surface area (Å²) in [5, 5.41) is 6.47. The van der Waals surface area contributed by atoms with Crippen molar-refractivity contribution in [3.8, 4) is 0 Å². The van der Waals surface area contributed by atoms with Crippen LogP contribution in [0.4, 0.5) is 0 Å². The molecule has 1 aromatic rings. The van der Waals surface area contributed by atoms with Crippen LogP contribution in [0.3, 0.4) is 0 Å². The van der Waals surface area contributed by atoms with Gasteiger partial charge < -0.3 is 4.90 Å². The Morgan fingerprint density at radius 1 is 1.36 bits per heavy atom. The summed E-state index contributed by atoms with van der Waals surface area (Å²) in [5.41, 5.74) is 1.25. The smallest absolute Gasteiger partial charge is 0.274 e. The van der Waals surface area contributed by atoms with Gasteiger partial charge in [-0.2, -0.15) is 5.10 Å². The lowest BCUT2D eigenvalue weighted by Crippen LogP contribution is -2.49. The van der Waals surface area contributed by atoms with Crippen LogP contribution in [0.25, 0.3) is 0 Å². The van der Waals surface area contributed by atoms with Crippen LogP contribution >= 0.6 is 0 Å². The van der Waals surface area contributed by atoms with Crippen LogP contribution in [0, 0.1) is 0 Å². The molecule has 1 aliphatic carbocycles. The summed E-state index contributed by atoms with van der Waals surface area (Å²) in [4.78, 5) is 14.2. The standard InChI is InChI=1S/C15H25N3O3S/c1-10(2)11-9-12(17-16-11)15(19)18(3)13-7-5-6-8-14(13)22(4,20)21/h9-10,13-14H,5-8H2,1-4H3,(H,16,17)/t13-,14-/m0/s1. The minimum Gasteiger partial charge on any atom is -0.336 e. The van der Waals surface area contributed by atoms with Gasteiger partial charge in [-0.25, -0.2) is 8.42 Å². The number of amides is 1. The highest BCUT2D eigenvalue weighted by Gasteiger charge is 2.37. The first-order valence-electron chi connectivity index (χ1n) is 7.73. The van der Waals surface area contributed by atoms with Gasteiger partial charge in [0, 0.05) is 25.0 Å². The summed E-state index contributed by atoms with van der Waals surface area (Å²) in [6.07, 6.45) is 4.46. The van der Waals surface area contributed by atoms with Gasteiger partial charge in [0.1, 0.15) is 5.69 Å². The van der Waals surface area contributed by atoms with E-state index in [0.29, 0.717) is 12.1 Å². The zero-order valence-corrected chi connectivity index (χ0v) is 14.5. The minimum atomic E-state index is -3.17. The Morgan fingerprint density at radius 3 is 2.55 bits per heavy atom. The maximum atomic E-state index is 12.6. The summed E-state index contributed by atoms with van der Waals surface area (Å²) >= 11 is 0. The number of H-pyrrole nitrogens is 1. The van der Waals surface area contributed by atoms with Crippen molar-refractivity contribution < 1.29 is 13.2 Å². The molecule has 22 heavy (non-hydrogen) atoms. The van der Waals surface area contributed by atoms with Gasteiger partial charge in [-0.15, -0.1) is 0 Å². The molecule has 2 atom stereocenters. The number of carbonyl (C=O) groups is 1. The fraction of sp³-hybridized carbons (Fsp3) is 0.733. The van der Waals surface area contributed by atoms with Gasteiger partial charge in [0.2, 0.25) is 0 Å². The van der Waals surface area contributed by atoms with Crippen molar-refractivity contribution in [1.29, 1.82) is 0 Å². The van der Waals surface area contributed by atoms with Crippen LogP contribution in [-0.4, -0.2) is 54.0 Å². The van der Waals surface area contributed by atoms with E-state index in [1.807, 2.05) is 13.8 Å². The number of sulfone groups is 1. The second kappa shape index (κ2) is 6.40. The predicted octanol–water partition coefficient (Wildman–Crippen LogP) is 1.96. The van der Waals surface area contributed by atoms with Gasteiger partial charge >= 0.3 is 0 Å². The van der Waals surface area contributed by atoms with E-state index in [2.05, 4.69) is 10.2 Å². The molecule has 1 aromatic heterocycles. The molecular weight excluding hydrogens is 302 g/mol. The molecule has 0 spiro atoms. The van der Waals surface area contributed by atoms with Gasteiger partial charge in [0.25, 0.3) is 5.91 Å². The van der Waals surface area contributed by atoms with Gasteiger partial charge in [0.15, 0.2) is 9.84 Å². The first kappa shape index (κ1) is 17.0. The van der Waals surface area contributed by atoms with Gasteiger partial charge in [-0.05, 0) is 24.8 Å². The highest BCUT2D eigenvalue weighted by molar-refractivity contribution is 7.91. The average molecular weight is 327 g/mol. The zero-order valence-electron chi connectivity index (χ0n) is 13.7. The van der Waals surface area contributed by atoms with E-state index in [1.54, 1.807) is 18.0 Å². The number of rotatable bonds is 4. The molecule has 1 fully saturated rings. The molecule has 2 rings (SSSR count). The third-order valence-electron chi connectivity index (χ3n) is 4.47. The number of nitrogens with one attached hydrogen (secondary N) is 1. The molecular formula is C15H25N3O3S. The van der Waals surface area contributed by atoms with E-state index >= 15 is 0 Å². The number of hydrogen-bond donors (Lipinski definition) is 1. The zero-order chi connectivity index (χ0) is 16.5. The number of nitrogens with zero attached hydrogens (tertiary/aromatic N) is 2. The number of aromatic nitrogens is 2. The van der Waals surface area contributed by atoms with E-state index in [4.69, 9.17) is 0 Å². The Morgan fingerprint density at radius 2 is 2.00 bits per heavy atom. The van der Waals surface area contributed by atoms with Crippen molar-refractivity contribution in [2.75, 3.05) is 13.3 Å². The summed E-state index contributed by atoms with van der Waals surface area (Å²) in [6.45, 7) is 4.04. The summed E-state index contributed by atoms with van der Waals surface area (Å²) < 4.78 is 24.0. The Balaban J connectivity index is 2.20. The van der Waals surface area contributed by atoms with Crippen LogP contribution < -0.4 is 0 Å². The van der Waals surface area contributed by atoms with Crippen LogP contribution in [0.5, 0.6) is 0 Å². The van der Waals surface area contributed by atoms with Crippen molar-refractivity contribution in [2.24, 2.45) is 0 Å². The largest absolute Gasteiger partial charge is 0.336 e. The molecule has 0 aliphatic heterocycles. The normalized spacial score (nSPS) is 22.8. The second-order valence-electron chi connectivity index (χ2n) is 6.50. The number of hydrogen-bond acceptors (Lipinski definition) is 4. The lowest BCUT2D eigenvalue weighted by molar-refractivity contribution is 0.0694. The molecule has 0 radical (unpaired) electrons. The van der Waals surface area contributed by atoms with Crippen LogP contribution in [-0.2, 0) is 9.84 Å². The lowest BCUT2D eigenvalue weighted by Gasteiger charge is -2.36. The molecule has 0 bridgehead atoms. The highest BCUT2D eigenvalue weighted by atomic mass is 32.2. The van der Waals surface area contributed by atoms with E-state index in [9.17, 15) is 13.2 Å². The topological polar surface area (TPSA) is 83.1 Å². The molecule has 0 aromatic carbocycles. The van der Waals surface area contributed by atoms with Crippen molar-refractivity contribution in [3.63, 3.8) is 0 Å². The predicted molar refractivity (Wildman–Crippen MR) is 85.7 cm³/mol. The molecule has 0 unspecified atom stereocenters.